The smallest absolute Gasteiger partial charge is 0.261 e. The number of rotatable bonds is 2. The van der Waals surface area contributed by atoms with Gasteiger partial charge in [0.1, 0.15) is 0 Å². The van der Waals surface area contributed by atoms with Crippen LogP contribution in [0.25, 0.3) is 0 Å². The third kappa shape index (κ3) is 1.95. The third-order valence-corrected chi connectivity index (χ3v) is 4.46. The van der Waals surface area contributed by atoms with E-state index >= 15 is 0 Å². The lowest BCUT2D eigenvalue weighted by Crippen LogP contribution is -2.47. The Balaban J connectivity index is 1.97. The van der Waals surface area contributed by atoms with Crippen LogP contribution >= 0.6 is 11.6 Å². The van der Waals surface area contributed by atoms with Crippen LogP contribution in [0.4, 0.5) is 0 Å². The molecule has 1 saturated carbocycles. The Morgan fingerprint density at radius 2 is 1.60 bits per heavy atom. The van der Waals surface area contributed by atoms with E-state index in [4.69, 9.17) is 11.6 Å². The lowest BCUT2D eigenvalue weighted by Gasteiger charge is -2.34. The minimum absolute atomic E-state index is 0.305. The van der Waals surface area contributed by atoms with Crippen molar-refractivity contribution >= 4 is 28.7 Å². The van der Waals surface area contributed by atoms with E-state index in [2.05, 4.69) is 0 Å². The minimum Gasteiger partial charge on any atom is -0.281 e. The van der Waals surface area contributed by atoms with Gasteiger partial charge in [0.05, 0.1) is 23.1 Å². The summed E-state index contributed by atoms with van der Waals surface area (Å²) < 4.78 is 0. The van der Waals surface area contributed by atoms with Gasteiger partial charge >= 0.3 is 0 Å². The van der Waals surface area contributed by atoms with Crippen LogP contribution in [0.15, 0.2) is 24.3 Å². The van der Waals surface area contributed by atoms with Crippen LogP contribution in [0.3, 0.4) is 0 Å². The predicted molar refractivity (Wildman–Crippen MR) is 73.5 cm³/mol. The Labute approximate surface area is 121 Å². The number of halogens is 1. The maximum absolute atomic E-state index is 12.4. The molecule has 0 radical (unpaired) electrons. The molecule has 0 saturated heterocycles. The molecule has 4 nitrogen and oxygen atoms in total. The molecule has 1 aliphatic carbocycles. The van der Waals surface area contributed by atoms with Crippen molar-refractivity contribution in [2.75, 3.05) is 0 Å². The van der Waals surface area contributed by atoms with Crippen molar-refractivity contribution in [2.45, 2.75) is 31.7 Å². The second-order valence-electron chi connectivity index (χ2n) is 5.29. The van der Waals surface area contributed by atoms with E-state index in [0.29, 0.717) is 24.0 Å². The van der Waals surface area contributed by atoms with Gasteiger partial charge in [-0.2, -0.15) is 0 Å². The minimum atomic E-state index is -0.453. The Morgan fingerprint density at radius 1 is 1.05 bits per heavy atom. The maximum Gasteiger partial charge on any atom is 0.261 e. The van der Waals surface area contributed by atoms with Crippen LogP contribution in [0.5, 0.6) is 0 Å². The molecule has 2 atom stereocenters. The van der Waals surface area contributed by atoms with Crippen molar-refractivity contribution in [1.29, 1.82) is 0 Å². The van der Waals surface area contributed by atoms with E-state index in [0.717, 1.165) is 12.8 Å². The number of carbonyl (C=O) groups is 3. The average Bonchev–Trinajstić information content (AvgIpc) is 2.71. The molecule has 1 aromatic carbocycles. The van der Waals surface area contributed by atoms with Gasteiger partial charge in [-0.15, -0.1) is 0 Å². The molecule has 0 aromatic heterocycles. The second-order valence-corrected chi connectivity index (χ2v) is 5.66. The molecule has 1 heterocycles. The molecule has 1 aromatic rings. The molecule has 104 valence electrons. The first-order valence-corrected chi connectivity index (χ1v) is 7.15. The van der Waals surface area contributed by atoms with Gasteiger partial charge in [0, 0.05) is 0 Å². The number of imide groups is 1. The summed E-state index contributed by atoms with van der Waals surface area (Å²) >= 11 is 5.65. The van der Waals surface area contributed by atoms with Gasteiger partial charge in [0.15, 0.2) is 0 Å². The van der Waals surface area contributed by atoms with Gasteiger partial charge < -0.3 is 0 Å². The summed E-state index contributed by atoms with van der Waals surface area (Å²) in [6.45, 7) is 0. The largest absolute Gasteiger partial charge is 0.281 e. The number of carbonyl (C=O) groups excluding carboxylic acids is 3. The van der Waals surface area contributed by atoms with E-state index in [9.17, 15) is 14.4 Å². The van der Waals surface area contributed by atoms with Crippen molar-refractivity contribution in [3.8, 4) is 0 Å². The van der Waals surface area contributed by atoms with Crippen molar-refractivity contribution in [3.05, 3.63) is 35.4 Å². The molecule has 2 aliphatic rings. The molecule has 0 N–H and O–H groups in total. The van der Waals surface area contributed by atoms with Crippen molar-refractivity contribution < 1.29 is 14.4 Å². The van der Waals surface area contributed by atoms with Gasteiger partial charge in [-0.05, 0) is 36.6 Å². The van der Waals surface area contributed by atoms with Gasteiger partial charge in [-0.25, -0.2) is 0 Å². The molecule has 0 spiro atoms. The predicted octanol–water partition coefficient (Wildman–Crippen LogP) is 2.61. The number of fused-ring (bicyclic) bond motifs is 1. The lowest BCUT2D eigenvalue weighted by atomic mass is 9.84. The SMILES string of the molecule is O=C(Cl)C1CCCCC1N1C(=O)c2ccccc2C1=O. The number of benzene rings is 1. The highest BCUT2D eigenvalue weighted by Crippen LogP contribution is 2.35. The van der Waals surface area contributed by atoms with Crippen molar-refractivity contribution in [1.82, 2.24) is 4.90 Å². The summed E-state index contributed by atoms with van der Waals surface area (Å²) in [6, 6.07) is 6.37. The van der Waals surface area contributed by atoms with Gasteiger partial charge in [0.25, 0.3) is 11.8 Å². The zero-order valence-corrected chi connectivity index (χ0v) is 11.6. The summed E-state index contributed by atoms with van der Waals surface area (Å²) in [6.07, 6.45) is 3.09. The lowest BCUT2D eigenvalue weighted by molar-refractivity contribution is -0.117. The molecule has 2 unspecified atom stereocenters. The third-order valence-electron chi connectivity index (χ3n) is 4.18. The van der Waals surface area contributed by atoms with E-state index in [1.54, 1.807) is 24.3 Å². The monoisotopic (exact) mass is 291 g/mol. The highest BCUT2D eigenvalue weighted by Gasteiger charge is 2.44. The molecule has 3 rings (SSSR count). The van der Waals surface area contributed by atoms with Crippen LogP contribution in [0, 0.1) is 5.92 Å². The fourth-order valence-corrected chi connectivity index (χ4v) is 3.45. The molecule has 1 aliphatic heterocycles. The fraction of sp³-hybridized carbons (Fsp3) is 0.400. The molecule has 5 heteroatoms. The average molecular weight is 292 g/mol. The van der Waals surface area contributed by atoms with E-state index in [1.165, 1.54) is 4.90 Å². The first-order valence-electron chi connectivity index (χ1n) is 6.77. The standard InChI is InChI=1S/C15H14ClNO3/c16-13(18)11-7-3-4-8-12(11)17-14(19)9-5-1-2-6-10(9)15(17)20/h1-2,5-6,11-12H,3-4,7-8H2. The fourth-order valence-electron chi connectivity index (χ4n) is 3.19. The van der Waals surface area contributed by atoms with Crippen molar-refractivity contribution in [3.63, 3.8) is 0 Å². The number of amides is 2. The molecule has 2 amide bonds. The van der Waals surface area contributed by atoms with Crippen LogP contribution in [-0.4, -0.2) is 28.0 Å². The summed E-state index contributed by atoms with van der Waals surface area (Å²) in [5.41, 5.74) is 0.840. The molecule has 20 heavy (non-hydrogen) atoms. The van der Waals surface area contributed by atoms with Crippen molar-refractivity contribution in [2.24, 2.45) is 5.92 Å². The van der Waals surface area contributed by atoms with E-state index in [1.807, 2.05) is 0 Å². The first-order chi connectivity index (χ1) is 9.61. The topological polar surface area (TPSA) is 54.5 Å². The summed E-state index contributed by atoms with van der Waals surface area (Å²) in [7, 11) is 0. The van der Waals surface area contributed by atoms with Crippen LogP contribution in [0.1, 0.15) is 46.4 Å². The Morgan fingerprint density at radius 3 is 2.15 bits per heavy atom. The van der Waals surface area contributed by atoms with Crippen LogP contribution in [-0.2, 0) is 4.79 Å². The summed E-state index contributed by atoms with van der Waals surface area (Å²) in [5.74, 6) is -1.05. The Kier molecular flexibility index (Phi) is 3.34. The van der Waals surface area contributed by atoms with E-state index in [-0.39, 0.29) is 11.8 Å². The second kappa shape index (κ2) is 5.02. The summed E-state index contributed by atoms with van der Waals surface area (Å²) in [4.78, 5) is 37.7. The normalized spacial score (nSPS) is 25.8. The van der Waals surface area contributed by atoms with Gasteiger partial charge in [0.2, 0.25) is 5.24 Å². The zero-order chi connectivity index (χ0) is 14.3. The number of hydrogen-bond acceptors (Lipinski definition) is 3. The molecule has 1 fully saturated rings. The van der Waals surface area contributed by atoms with Gasteiger partial charge in [-0.3, -0.25) is 19.3 Å². The highest BCUT2D eigenvalue weighted by molar-refractivity contribution is 6.64. The number of hydrogen-bond donors (Lipinski definition) is 0. The Bertz CT molecular complexity index is 564. The van der Waals surface area contributed by atoms with Crippen LogP contribution < -0.4 is 0 Å². The van der Waals surface area contributed by atoms with Gasteiger partial charge in [-0.1, -0.05) is 25.0 Å². The maximum atomic E-state index is 12.4. The first kappa shape index (κ1) is 13.3. The van der Waals surface area contributed by atoms with E-state index < -0.39 is 17.2 Å². The molecule has 0 bridgehead atoms. The zero-order valence-electron chi connectivity index (χ0n) is 10.8. The highest BCUT2D eigenvalue weighted by atomic mass is 35.5. The molecular formula is C15H14ClNO3. The summed E-state index contributed by atoms with van der Waals surface area (Å²) in [5, 5.41) is -0.453. The molecular weight excluding hydrogens is 278 g/mol. The number of nitrogens with zero attached hydrogens (tertiary/aromatic N) is 1. The Hall–Kier alpha value is -1.68. The quantitative estimate of drug-likeness (QED) is 0.622. The van der Waals surface area contributed by atoms with Crippen LogP contribution in [0.2, 0.25) is 0 Å².